The molecule has 2 rings (SSSR count). The lowest BCUT2D eigenvalue weighted by atomic mass is 10.0. The van der Waals surface area contributed by atoms with Crippen molar-refractivity contribution in [2.75, 3.05) is 18.4 Å². The normalized spacial score (nSPS) is 22.0. The fourth-order valence-electron chi connectivity index (χ4n) is 2.31. The first-order valence-corrected chi connectivity index (χ1v) is 6.92. The first-order chi connectivity index (χ1) is 9.90. The average molecular weight is 292 g/mol. The van der Waals surface area contributed by atoms with Gasteiger partial charge in [-0.3, -0.25) is 9.59 Å². The van der Waals surface area contributed by atoms with Crippen molar-refractivity contribution < 1.29 is 19.8 Å². The van der Waals surface area contributed by atoms with Crippen LogP contribution in [0.15, 0.2) is 18.2 Å². The van der Waals surface area contributed by atoms with Crippen molar-refractivity contribution in [3.05, 3.63) is 29.3 Å². The van der Waals surface area contributed by atoms with E-state index in [4.69, 9.17) is 0 Å². The number of hydrogen-bond acceptors (Lipinski definition) is 4. The minimum atomic E-state index is -1.00. The number of benzene rings is 1. The number of nitrogens with one attached hydrogen (secondary N) is 1. The number of rotatable bonds is 1. The van der Waals surface area contributed by atoms with Crippen molar-refractivity contribution in [2.24, 2.45) is 0 Å². The minimum absolute atomic E-state index is 0.0276. The standard InChI is InChI=1S/C15H20N2O4/c1-9-4-3-5-11(10(9)2)16-14(20)15(21)17-7-6-12(18)13(19)8-17/h3-5,12-13,18-19H,6-8H2,1-2H3,(H,16,20)/t12-,13-/m0/s1. The number of aryl methyl sites for hydroxylation is 1. The summed E-state index contributed by atoms with van der Waals surface area (Å²) in [6, 6.07) is 5.47. The van der Waals surface area contributed by atoms with Crippen molar-refractivity contribution in [2.45, 2.75) is 32.5 Å². The first kappa shape index (κ1) is 15.5. The SMILES string of the molecule is Cc1cccc(NC(=O)C(=O)N2CC[C@H](O)[C@@H](O)C2)c1C. The fraction of sp³-hybridized carbons (Fsp3) is 0.467. The molecule has 0 spiro atoms. The lowest BCUT2D eigenvalue weighted by Gasteiger charge is -2.32. The van der Waals surface area contributed by atoms with Crippen LogP contribution in [0.4, 0.5) is 5.69 Å². The van der Waals surface area contributed by atoms with E-state index in [0.29, 0.717) is 5.69 Å². The van der Waals surface area contributed by atoms with Crippen LogP contribution in [-0.4, -0.2) is 52.2 Å². The Kier molecular flexibility index (Phi) is 4.59. The average Bonchev–Trinajstić information content (AvgIpc) is 2.46. The molecule has 0 aromatic heterocycles. The summed E-state index contributed by atoms with van der Waals surface area (Å²) in [5, 5.41) is 21.6. The molecule has 1 saturated heterocycles. The summed E-state index contributed by atoms with van der Waals surface area (Å²) < 4.78 is 0. The van der Waals surface area contributed by atoms with Gasteiger partial charge in [0, 0.05) is 18.8 Å². The molecule has 1 aliphatic heterocycles. The summed E-state index contributed by atoms with van der Waals surface area (Å²) in [7, 11) is 0. The molecule has 0 aliphatic carbocycles. The van der Waals surface area contributed by atoms with Crippen LogP contribution < -0.4 is 5.32 Å². The molecular weight excluding hydrogens is 272 g/mol. The van der Waals surface area contributed by atoms with Gasteiger partial charge in [0.1, 0.15) is 0 Å². The Hall–Kier alpha value is -1.92. The second-order valence-corrected chi connectivity index (χ2v) is 5.38. The minimum Gasteiger partial charge on any atom is -0.390 e. The molecule has 0 unspecified atom stereocenters. The largest absolute Gasteiger partial charge is 0.390 e. The molecule has 3 N–H and O–H groups in total. The Morgan fingerprint density at radius 1 is 1.24 bits per heavy atom. The predicted octanol–water partition coefficient (Wildman–Crippen LogP) is 0.196. The van der Waals surface area contributed by atoms with Gasteiger partial charge < -0.3 is 20.4 Å². The van der Waals surface area contributed by atoms with Crippen molar-refractivity contribution in [1.29, 1.82) is 0 Å². The van der Waals surface area contributed by atoms with E-state index < -0.39 is 24.0 Å². The second kappa shape index (κ2) is 6.24. The summed E-state index contributed by atoms with van der Waals surface area (Å²) >= 11 is 0. The molecule has 6 heteroatoms. The van der Waals surface area contributed by atoms with Crippen LogP contribution in [0.3, 0.4) is 0 Å². The van der Waals surface area contributed by atoms with Crippen LogP contribution in [0.25, 0.3) is 0 Å². The molecule has 0 saturated carbocycles. The molecule has 2 amide bonds. The summed E-state index contributed by atoms with van der Waals surface area (Å²) in [5.41, 5.74) is 2.54. The Morgan fingerprint density at radius 3 is 2.62 bits per heavy atom. The molecule has 21 heavy (non-hydrogen) atoms. The van der Waals surface area contributed by atoms with E-state index in [1.54, 1.807) is 6.07 Å². The molecule has 1 heterocycles. The third-order valence-electron chi connectivity index (χ3n) is 3.88. The fourth-order valence-corrected chi connectivity index (χ4v) is 2.31. The van der Waals surface area contributed by atoms with Gasteiger partial charge in [-0.05, 0) is 37.5 Å². The van der Waals surface area contributed by atoms with E-state index in [2.05, 4.69) is 5.32 Å². The number of anilines is 1. The van der Waals surface area contributed by atoms with Crippen LogP contribution in [0.5, 0.6) is 0 Å². The molecule has 1 aromatic carbocycles. The van der Waals surface area contributed by atoms with Gasteiger partial charge in [0.25, 0.3) is 0 Å². The maximum atomic E-state index is 12.1. The van der Waals surface area contributed by atoms with E-state index in [1.807, 2.05) is 26.0 Å². The van der Waals surface area contributed by atoms with Crippen LogP contribution >= 0.6 is 0 Å². The van der Waals surface area contributed by atoms with Gasteiger partial charge in [-0.25, -0.2) is 0 Å². The van der Waals surface area contributed by atoms with Gasteiger partial charge in [0.15, 0.2) is 0 Å². The summed E-state index contributed by atoms with van der Waals surface area (Å²) in [5.74, 6) is -1.42. The van der Waals surface area contributed by atoms with Crippen molar-refractivity contribution >= 4 is 17.5 Å². The summed E-state index contributed by atoms with van der Waals surface area (Å²) in [6.45, 7) is 4.03. The van der Waals surface area contributed by atoms with Crippen molar-refractivity contribution in [3.63, 3.8) is 0 Å². The zero-order valence-electron chi connectivity index (χ0n) is 12.2. The third kappa shape index (κ3) is 3.40. The lowest BCUT2D eigenvalue weighted by molar-refractivity contribution is -0.147. The Morgan fingerprint density at radius 2 is 1.95 bits per heavy atom. The number of carbonyl (C=O) groups is 2. The molecule has 114 valence electrons. The van der Waals surface area contributed by atoms with E-state index in [-0.39, 0.29) is 19.5 Å². The maximum Gasteiger partial charge on any atom is 0.313 e. The second-order valence-electron chi connectivity index (χ2n) is 5.38. The van der Waals surface area contributed by atoms with Crippen molar-refractivity contribution in [1.82, 2.24) is 4.90 Å². The summed E-state index contributed by atoms with van der Waals surface area (Å²) in [4.78, 5) is 25.4. The maximum absolute atomic E-state index is 12.1. The zero-order chi connectivity index (χ0) is 15.6. The molecule has 1 fully saturated rings. The number of nitrogens with zero attached hydrogens (tertiary/aromatic N) is 1. The number of piperidine rings is 1. The number of aliphatic hydroxyl groups is 2. The van der Waals surface area contributed by atoms with Crippen LogP contribution in [0, 0.1) is 13.8 Å². The van der Waals surface area contributed by atoms with Gasteiger partial charge in [-0.2, -0.15) is 0 Å². The number of carbonyl (C=O) groups excluding carboxylic acids is 2. The highest BCUT2D eigenvalue weighted by Crippen LogP contribution is 2.18. The van der Waals surface area contributed by atoms with Crippen molar-refractivity contribution in [3.8, 4) is 0 Å². The monoisotopic (exact) mass is 292 g/mol. The molecule has 6 nitrogen and oxygen atoms in total. The summed E-state index contributed by atoms with van der Waals surface area (Å²) in [6.07, 6.45) is -1.57. The Balaban J connectivity index is 2.03. The molecular formula is C15H20N2O4. The van der Waals surface area contributed by atoms with Gasteiger partial charge >= 0.3 is 11.8 Å². The third-order valence-corrected chi connectivity index (χ3v) is 3.88. The Bertz CT molecular complexity index is 559. The van der Waals surface area contributed by atoms with Gasteiger partial charge in [-0.15, -0.1) is 0 Å². The number of hydrogen-bond donors (Lipinski definition) is 3. The highest BCUT2D eigenvalue weighted by molar-refractivity contribution is 6.39. The van der Waals surface area contributed by atoms with E-state index >= 15 is 0 Å². The number of likely N-dealkylation sites (tertiary alicyclic amines) is 1. The zero-order valence-corrected chi connectivity index (χ0v) is 12.2. The molecule has 0 radical (unpaired) electrons. The van der Waals surface area contributed by atoms with E-state index in [0.717, 1.165) is 11.1 Å². The lowest BCUT2D eigenvalue weighted by Crippen LogP contribution is -2.51. The van der Waals surface area contributed by atoms with E-state index in [9.17, 15) is 19.8 Å². The molecule has 2 atom stereocenters. The highest BCUT2D eigenvalue weighted by Gasteiger charge is 2.31. The van der Waals surface area contributed by atoms with Crippen LogP contribution in [0.2, 0.25) is 0 Å². The number of aliphatic hydroxyl groups excluding tert-OH is 2. The number of β-amino-alcohol motifs (C(OH)–C–C–N with tert-alkyl or cyclic N) is 1. The number of amides is 2. The van der Waals surface area contributed by atoms with Gasteiger partial charge in [0.05, 0.1) is 12.2 Å². The molecule has 1 aliphatic rings. The molecule has 0 bridgehead atoms. The predicted molar refractivity (Wildman–Crippen MR) is 77.8 cm³/mol. The topological polar surface area (TPSA) is 89.9 Å². The first-order valence-electron chi connectivity index (χ1n) is 6.92. The highest BCUT2D eigenvalue weighted by atomic mass is 16.3. The van der Waals surface area contributed by atoms with Crippen LogP contribution in [0.1, 0.15) is 17.5 Å². The van der Waals surface area contributed by atoms with Crippen LogP contribution in [-0.2, 0) is 9.59 Å². The smallest absolute Gasteiger partial charge is 0.313 e. The Labute approximate surface area is 123 Å². The van der Waals surface area contributed by atoms with Gasteiger partial charge in [-0.1, -0.05) is 12.1 Å². The quantitative estimate of drug-likeness (QED) is 0.645. The molecule has 1 aromatic rings. The van der Waals surface area contributed by atoms with E-state index in [1.165, 1.54) is 4.90 Å². The van der Waals surface area contributed by atoms with Gasteiger partial charge in [0.2, 0.25) is 0 Å².